The van der Waals surface area contributed by atoms with Crippen LogP contribution in [0.5, 0.6) is 5.75 Å². The fourth-order valence-electron chi connectivity index (χ4n) is 1.76. The van der Waals surface area contributed by atoms with E-state index < -0.39 is 0 Å². The number of hydrogen-bond acceptors (Lipinski definition) is 4. The Labute approximate surface area is 126 Å². The minimum atomic E-state index is 0.384. The Morgan fingerprint density at radius 1 is 1.30 bits per heavy atom. The normalized spacial score (nSPS) is 10.3. The van der Waals surface area contributed by atoms with Crippen molar-refractivity contribution in [2.24, 2.45) is 5.73 Å². The molecule has 0 aliphatic heterocycles. The smallest absolute Gasteiger partial charge is 0.120 e. The molecule has 1 aromatic rings. The number of hydrogen-bond donors (Lipinski definition) is 2. The van der Waals surface area contributed by atoms with Crippen molar-refractivity contribution in [1.82, 2.24) is 0 Å². The summed E-state index contributed by atoms with van der Waals surface area (Å²) in [5.41, 5.74) is 7.47. The minimum absolute atomic E-state index is 0.384. The highest BCUT2D eigenvalue weighted by atomic mass is 32.1. The van der Waals surface area contributed by atoms with Crippen LogP contribution in [0.25, 0.3) is 0 Å². The summed E-state index contributed by atoms with van der Waals surface area (Å²) in [7, 11) is 1.64. The Morgan fingerprint density at radius 3 is 2.70 bits per heavy atom. The van der Waals surface area contributed by atoms with Crippen molar-refractivity contribution < 1.29 is 9.47 Å². The van der Waals surface area contributed by atoms with Crippen LogP contribution in [0.2, 0.25) is 0 Å². The standard InChI is InChI=1S/C15H24N2O2S/c1-3-4-9-19-10-5-8-17-14-11-12(18-2)6-7-13(14)15(16)20/h6-7,11,17H,3-5,8-10H2,1-2H3,(H2,16,20). The molecule has 0 bridgehead atoms. The highest BCUT2D eigenvalue weighted by Crippen LogP contribution is 2.22. The molecule has 1 rings (SSSR count). The van der Waals surface area contributed by atoms with Crippen molar-refractivity contribution in [3.8, 4) is 5.75 Å². The molecule has 0 unspecified atom stereocenters. The average molecular weight is 296 g/mol. The first kappa shape index (κ1) is 16.7. The number of nitrogens with two attached hydrogens (primary N) is 1. The number of benzene rings is 1. The third-order valence-electron chi connectivity index (χ3n) is 2.92. The van der Waals surface area contributed by atoms with Gasteiger partial charge in [0.1, 0.15) is 10.7 Å². The predicted molar refractivity (Wildman–Crippen MR) is 87.7 cm³/mol. The van der Waals surface area contributed by atoms with E-state index in [0.29, 0.717) is 4.99 Å². The topological polar surface area (TPSA) is 56.5 Å². The van der Waals surface area contributed by atoms with E-state index in [4.69, 9.17) is 27.4 Å². The lowest BCUT2D eigenvalue weighted by molar-refractivity contribution is 0.131. The summed E-state index contributed by atoms with van der Waals surface area (Å²) in [6, 6.07) is 5.64. The van der Waals surface area contributed by atoms with Crippen molar-refractivity contribution in [3.63, 3.8) is 0 Å². The molecular formula is C15H24N2O2S. The van der Waals surface area contributed by atoms with Crippen molar-refractivity contribution in [1.29, 1.82) is 0 Å². The molecule has 0 spiro atoms. The molecule has 20 heavy (non-hydrogen) atoms. The summed E-state index contributed by atoms with van der Waals surface area (Å²) >= 11 is 5.05. The third kappa shape index (κ3) is 5.75. The van der Waals surface area contributed by atoms with Gasteiger partial charge in [-0.3, -0.25) is 0 Å². The Hall–Kier alpha value is -1.33. The van der Waals surface area contributed by atoms with Crippen LogP contribution in [0.15, 0.2) is 18.2 Å². The second-order valence-corrected chi connectivity index (χ2v) is 4.96. The summed E-state index contributed by atoms with van der Waals surface area (Å²) in [5.74, 6) is 0.784. The SMILES string of the molecule is CCCCOCCCNc1cc(OC)ccc1C(N)=S. The van der Waals surface area contributed by atoms with Crippen molar-refractivity contribution in [3.05, 3.63) is 23.8 Å². The van der Waals surface area contributed by atoms with Gasteiger partial charge in [-0.1, -0.05) is 25.6 Å². The fourth-order valence-corrected chi connectivity index (χ4v) is 1.94. The van der Waals surface area contributed by atoms with Gasteiger partial charge in [0.25, 0.3) is 0 Å². The van der Waals surface area contributed by atoms with Crippen LogP contribution in [-0.2, 0) is 4.74 Å². The molecular weight excluding hydrogens is 272 g/mol. The maximum absolute atomic E-state index is 5.72. The van der Waals surface area contributed by atoms with Crippen LogP contribution < -0.4 is 15.8 Å². The number of anilines is 1. The third-order valence-corrected chi connectivity index (χ3v) is 3.14. The van der Waals surface area contributed by atoms with Gasteiger partial charge in [0.2, 0.25) is 0 Å². The summed E-state index contributed by atoms with van der Waals surface area (Å²) in [6.45, 7) is 4.58. The molecule has 0 amide bonds. The molecule has 4 nitrogen and oxygen atoms in total. The van der Waals surface area contributed by atoms with Gasteiger partial charge < -0.3 is 20.5 Å². The monoisotopic (exact) mass is 296 g/mol. The van der Waals surface area contributed by atoms with Gasteiger partial charge in [-0.2, -0.15) is 0 Å². The van der Waals surface area contributed by atoms with Crippen molar-refractivity contribution >= 4 is 22.9 Å². The second kappa shape index (κ2) is 9.55. The lowest BCUT2D eigenvalue weighted by atomic mass is 10.1. The largest absolute Gasteiger partial charge is 0.497 e. The van der Waals surface area contributed by atoms with E-state index in [2.05, 4.69) is 12.2 Å². The number of nitrogens with one attached hydrogen (secondary N) is 1. The van der Waals surface area contributed by atoms with Gasteiger partial charge in [0, 0.05) is 37.1 Å². The lowest BCUT2D eigenvalue weighted by Gasteiger charge is -2.13. The van der Waals surface area contributed by atoms with Crippen LogP contribution in [0.3, 0.4) is 0 Å². The molecule has 112 valence electrons. The quantitative estimate of drug-likeness (QED) is 0.513. The van der Waals surface area contributed by atoms with E-state index >= 15 is 0 Å². The van der Waals surface area contributed by atoms with E-state index in [-0.39, 0.29) is 0 Å². The van der Waals surface area contributed by atoms with Crippen LogP contribution in [0.4, 0.5) is 5.69 Å². The van der Waals surface area contributed by atoms with Gasteiger partial charge in [-0.05, 0) is 25.0 Å². The van der Waals surface area contributed by atoms with Crippen LogP contribution in [0, 0.1) is 0 Å². The molecule has 3 N–H and O–H groups in total. The summed E-state index contributed by atoms with van der Waals surface area (Å²) < 4.78 is 10.7. The summed E-state index contributed by atoms with van der Waals surface area (Å²) in [5, 5.41) is 3.33. The zero-order valence-corrected chi connectivity index (χ0v) is 13.1. The predicted octanol–water partition coefficient (Wildman–Crippen LogP) is 2.95. The van der Waals surface area contributed by atoms with Gasteiger partial charge in [-0.25, -0.2) is 0 Å². The van der Waals surface area contributed by atoms with Crippen molar-refractivity contribution in [2.45, 2.75) is 26.2 Å². The first-order valence-electron chi connectivity index (χ1n) is 6.98. The lowest BCUT2D eigenvalue weighted by Crippen LogP contribution is -2.14. The molecule has 1 aromatic carbocycles. The summed E-state index contributed by atoms with van der Waals surface area (Å²) in [6.07, 6.45) is 3.23. The maximum atomic E-state index is 5.72. The Kier molecular flexibility index (Phi) is 7.99. The number of unbranched alkanes of at least 4 members (excludes halogenated alkanes) is 1. The zero-order chi connectivity index (χ0) is 14.8. The first-order chi connectivity index (χ1) is 9.69. The Bertz CT molecular complexity index is 424. The van der Waals surface area contributed by atoms with E-state index in [1.54, 1.807) is 7.11 Å². The second-order valence-electron chi connectivity index (χ2n) is 4.52. The molecule has 0 saturated heterocycles. The van der Waals surface area contributed by atoms with Crippen LogP contribution >= 0.6 is 12.2 Å². The summed E-state index contributed by atoms with van der Waals surface area (Å²) in [4.78, 5) is 0.384. The number of methoxy groups -OCH3 is 1. The van der Waals surface area contributed by atoms with E-state index in [1.165, 1.54) is 6.42 Å². The van der Waals surface area contributed by atoms with E-state index in [9.17, 15) is 0 Å². The van der Waals surface area contributed by atoms with Gasteiger partial charge in [0.15, 0.2) is 0 Å². The maximum Gasteiger partial charge on any atom is 0.120 e. The van der Waals surface area contributed by atoms with Crippen molar-refractivity contribution in [2.75, 3.05) is 32.2 Å². The first-order valence-corrected chi connectivity index (χ1v) is 7.39. The number of thiocarbonyl (C=S) groups is 1. The average Bonchev–Trinajstić information content (AvgIpc) is 2.45. The highest BCUT2D eigenvalue weighted by Gasteiger charge is 2.06. The number of ether oxygens (including phenoxy) is 2. The van der Waals surface area contributed by atoms with Gasteiger partial charge in [-0.15, -0.1) is 0 Å². The molecule has 0 atom stereocenters. The molecule has 0 aliphatic rings. The molecule has 0 aromatic heterocycles. The van der Waals surface area contributed by atoms with Gasteiger partial charge in [0.05, 0.1) is 7.11 Å². The molecule has 0 fully saturated rings. The molecule has 0 aliphatic carbocycles. The Morgan fingerprint density at radius 2 is 2.05 bits per heavy atom. The molecule has 0 heterocycles. The Balaban J connectivity index is 2.43. The van der Waals surface area contributed by atoms with Crippen LogP contribution in [0.1, 0.15) is 31.7 Å². The van der Waals surface area contributed by atoms with Gasteiger partial charge >= 0.3 is 0 Å². The minimum Gasteiger partial charge on any atom is -0.497 e. The molecule has 0 saturated carbocycles. The van der Waals surface area contributed by atoms with E-state index in [0.717, 1.165) is 49.6 Å². The number of rotatable bonds is 10. The van der Waals surface area contributed by atoms with Crippen LogP contribution in [-0.4, -0.2) is 31.9 Å². The molecule has 0 radical (unpaired) electrons. The fraction of sp³-hybridized carbons (Fsp3) is 0.533. The molecule has 5 heteroatoms. The highest BCUT2D eigenvalue weighted by molar-refractivity contribution is 7.80. The zero-order valence-electron chi connectivity index (χ0n) is 12.3. The van der Waals surface area contributed by atoms with E-state index in [1.807, 2.05) is 18.2 Å².